The van der Waals surface area contributed by atoms with Gasteiger partial charge in [-0.1, -0.05) is 25.0 Å². The van der Waals surface area contributed by atoms with E-state index < -0.39 is 0 Å². The Morgan fingerprint density at radius 2 is 1.59 bits per heavy atom. The van der Waals surface area contributed by atoms with E-state index in [-0.39, 0.29) is 0 Å². The molecule has 1 aliphatic carbocycles. The van der Waals surface area contributed by atoms with E-state index in [0.29, 0.717) is 5.41 Å². The molecular formula is C15H22N2. The van der Waals surface area contributed by atoms with Gasteiger partial charge in [-0.3, -0.25) is 0 Å². The van der Waals surface area contributed by atoms with E-state index in [1.54, 1.807) is 0 Å². The predicted octanol–water partition coefficient (Wildman–Crippen LogP) is 3.43. The Kier molecular flexibility index (Phi) is 2.73. The van der Waals surface area contributed by atoms with Crippen molar-refractivity contribution in [2.24, 2.45) is 5.41 Å². The molecule has 2 heteroatoms. The first kappa shape index (κ1) is 10.9. The zero-order chi connectivity index (χ0) is 11.7. The van der Waals surface area contributed by atoms with Gasteiger partial charge in [0.2, 0.25) is 0 Å². The van der Waals surface area contributed by atoms with Gasteiger partial charge in [-0.2, -0.15) is 0 Å². The van der Waals surface area contributed by atoms with Gasteiger partial charge in [0.25, 0.3) is 0 Å². The molecule has 2 nitrogen and oxygen atoms in total. The van der Waals surface area contributed by atoms with Gasteiger partial charge in [0.1, 0.15) is 0 Å². The van der Waals surface area contributed by atoms with E-state index in [1.807, 2.05) is 12.1 Å². The largest absolute Gasteiger partial charge is 0.397 e. The lowest BCUT2D eigenvalue weighted by Gasteiger charge is -2.40. The maximum absolute atomic E-state index is 6.05. The molecular weight excluding hydrogens is 208 g/mol. The molecule has 92 valence electrons. The number of nitrogens with two attached hydrogens (primary N) is 1. The zero-order valence-electron chi connectivity index (χ0n) is 10.5. The molecule has 2 aliphatic rings. The summed E-state index contributed by atoms with van der Waals surface area (Å²) in [7, 11) is 0. The third kappa shape index (κ3) is 2.01. The first-order chi connectivity index (χ1) is 8.29. The van der Waals surface area contributed by atoms with E-state index in [0.717, 1.165) is 5.69 Å². The maximum Gasteiger partial charge on any atom is 0.0599 e. The Balaban J connectivity index is 1.71. The predicted molar refractivity (Wildman–Crippen MR) is 73.2 cm³/mol. The highest BCUT2D eigenvalue weighted by Gasteiger charge is 2.37. The van der Waals surface area contributed by atoms with Gasteiger partial charge < -0.3 is 10.6 Å². The van der Waals surface area contributed by atoms with Gasteiger partial charge in [0.15, 0.2) is 0 Å². The van der Waals surface area contributed by atoms with Gasteiger partial charge in [0, 0.05) is 13.1 Å². The smallest absolute Gasteiger partial charge is 0.0599 e. The fraction of sp³-hybridized carbons (Fsp3) is 0.600. The minimum absolute atomic E-state index is 0.694. The van der Waals surface area contributed by atoms with Crippen LogP contribution in [0.1, 0.15) is 38.5 Å². The number of piperidine rings is 1. The van der Waals surface area contributed by atoms with Crippen LogP contribution in [0.25, 0.3) is 0 Å². The van der Waals surface area contributed by atoms with E-state index in [9.17, 15) is 0 Å². The van der Waals surface area contributed by atoms with Gasteiger partial charge in [-0.15, -0.1) is 0 Å². The molecule has 0 atom stereocenters. The summed E-state index contributed by atoms with van der Waals surface area (Å²) in [4.78, 5) is 2.47. The van der Waals surface area contributed by atoms with Gasteiger partial charge in [-0.05, 0) is 43.2 Å². The minimum Gasteiger partial charge on any atom is -0.397 e. The molecule has 2 fully saturated rings. The molecule has 1 saturated heterocycles. The van der Waals surface area contributed by atoms with Crippen LogP contribution in [0.4, 0.5) is 11.4 Å². The Bertz CT molecular complexity index is 384. The maximum atomic E-state index is 6.05. The second-order valence-electron chi connectivity index (χ2n) is 5.75. The molecule has 2 N–H and O–H groups in total. The number of hydrogen-bond acceptors (Lipinski definition) is 2. The highest BCUT2D eigenvalue weighted by molar-refractivity contribution is 5.67. The SMILES string of the molecule is Nc1ccccc1N1CCC2(CCCC2)CC1. The number of hydrogen-bond donors (Lipinski definition) is 1. The summed E-state index contributed by atoms with van der Waals surface area (Å²) in [5.74, 6) is 0. The van der Waals surface area contributed by atoms with Crippen molar-refractivity contribution in [2.45, 2.75) is 38.5 Å². The Morgan fingerprint density at radius 1 is 0.941 bits per heavy atom. The van der Waals surface area contributed by atoms with Crippen molar-refractivity contribution >= 4 is 11.4 Å². The molecule has 1 aromatic rings. The number of rotatable bonds is 1. The van der Waals surface area contributed by atoms with Crippen molar-refractivity contribution in [2.75, 3.05) is 23.7 Å². The number of benzene rings is 1. The van der Waals surface area contributed by atoms with Crippen molar-refractivity contribution in [1.29, 1.82) is 0 Å². The Morgan fingerprint density at radius 3 is 2.24 bits per heavy atom. The molecule has 0 bridgehead atoms. The highest BCUT2D eigenvalue weighted by atomic mass is 15.1. The molecule has 0 unspecified atom stereocenters. The fourth-order valence-corrected chi connectivity index (χ4v) is 3.62. The van der Waals surface area contributed by atoms with E-state index in [4.69, 9.17) is 5.73 Å². The number of nitrogen functional groups attached to an aromatic ring is 1. The topological polar surface area (TPSA) is 29.3 Å². The van der Waals surface area contributed by atoms with Crippen LogP contribution < -0.4 is 10.6 Å². The van der Waals surface area contributed by atoms with Crippen LogP contribution in [0.5, 0.6) is 0 Å². The monoisotopic (exact) mass is 230 g/mol. The lowest BCUT2D eigenvalue weighted by atomic mass is 9.77. The number of nitrogens with zero attached hydrogens (tertiary/aromatic N) is 1. The van der Waals surface area contributed by atoms with Crippen molar-refractivity contribution in [3.8, 4) is 0 Å². The van der Waals surface area contributed by atoms with Crippen LogP contribution in [-0.4, -0.2) is 13.1 Å². The van der Waals surface area contributed by atoms with Crippen molar-refractivity contribution in [1.82, 2.24) is 0 Å². The average Bonchev–Trinajstić information content (AvgIpc) is 2.80. The van der Waals surface area contributed by atoms with Crippen molar-refractivity contribution in [3.63, 3.8) is 0 Å². The fourth-order valence-electron chi connectivity index (χ4n) is 3.62. The molecule has 0 aromatic heterocycles. The van der Waals surface area contributed by atoms with Crippen LogP contribution in [-0.2, 0) is 0 Å². The van der Waals surface area contributed by atoms with Crippen LogP contribution in [0.15, 0.2) is 24.3 Å². The third-order valence-electron chi connectivity index (χ3n) is 4.77. The minimum atomic E-state index is 0.694. The van der Waals surface area contributed by atoms with E-state index in [1.165, 1.54) is 57.3 Å². The number of anilines is 2. The van der Waals surface area contributed by atoms with Crippen LogP contribution >= 0.6 is 0 Å². The lowest BCUT2D eigenvalue weighted by Crippen LogP contribution is -2.39. The van der Waals surface area contributed by atoms with Gasteiger partial charge in [0.05, 0.1) is 11.4 Å². The summed E-state index contributed by atoms with van der Waals surface area (Å²) in [5, 5.41) is 0. The Labute approximate surface area is 104 Å². The van der Waals surface area contributed by atoms with Crippen LogP contribution in [0, 0.1) is 5.41 Å². The molecule has 0 radical (unpaired) electrons. The molecule has 1 aromatic carbocycles. The normalized spacial score (nSPS) is 23.2. The Hall–Kier alpha value is -1.18. The molecule has 17 heavy (non-hydrogen) atoms. The van der Waals surface area contributed by atoms with Crippen molar-refractivity contribution < 1.29 is 0 Å². The lowest BCUT2D eigenvalue weighted by molar-refractivity contribution is 0.226. The quantitative estimate of drug-likeness (QED) is 0.749. The summed E-state index contributed by atoms with van der Waals surface area (Å²) in [6, 6.07) is 8.27. The second kappa shape index (κ2) is 4.25. The van der Waals surface area contributed by atoms with Crippen molar-refractivity contribution in [3.05, 3.63) is 24.3 Å². The summed E-state index contributed by atoms with van der Waals surface area (Å²) in [5.41, 5.74) is 8.91. The van der Waals surface area contributed by atoms with Crippen LogP contribution in [0.2, 0.25) is 0 Å². The summed E-state index contributed by atoms with van der Waals surface area (Å²) < 4.78 is 0. The molecule has 1 aliphatic heterocycles. The zero-order valence-corrected chi connectivity index (χ0v) is 10.5. The van der Waals surface area contributed by atoms with Gasteiger partial charge >= 0.3 is 0 Å². The van der Waals surface area contributed by atoms with E-state index >= 15 is 0 Å². The average molecular weight is 230 g/mol. The van der Waals surface area contributed by atoms with E-state index in [2.05, 4.69) is 17.0 Å². The first-order valence-corrected chi connectivity index (χ1v) is 6.89. The highest BCUT2D eigenvalue weighted by Crippen LogP contribution is 2.46. The molecule has 1 spiro atoms. The summed E-state index contributed by atoms with van der Waals surface area (Å²) >= 11 is 0. The third-order valence-corrected chi connectivity index (χ3v) is 4.77. The molecule has 0 amide bonds. The standard InChI is InChI=1S/C15H22N2/c16-13-5-1-2-6-14(13)17-11-9-15(10-12-17)7-3-4-8-15/h1-2,5-6H,3-4,7-12,16H2. The number of para-hydroxylation sites is 2. The summed E-state index contributed by atoms with van der Waals surface area (Å²) in [6.45, 7) is 2.38. The second-order valence-corrected chi connectivity index (χ2v) is 5.75. The molecule has 1 saturated carbocycles. The molecule has 3 rings (SSSR count). The first-order valence-electron chi connectivity index (χ1n) is 6.89. The van der Waals surface area contributed by atoms with Gasteiger partial charge in [-0.25, -0.2) is 0 Å². The van der Waals surface area contributed by atoms with Crippen LogP contribution in [0.3, 0.4) is 0 Å². The molecule has 1 heterocycles. The summed E-state index contributed by atoms with van der Waals surface area (Å²) in [6.07, 6.45) is 8.56.